The average Bonchev–Trinajstić information content (AvgIpc) is 1.93. The monoisotopic (exact) mass is 209 g/mol. The summed E-state index contributed by atoms with van der Waals surface area (Å²) in [6, 6.07) is 0. The summed E-state index contributed by atoms with van der Waals surface area (Å²) in [6.07, 6.45) is 3.73. The van der Waals surface area contributed by atoms with Gasteiger partial charge in [-0.3, -0.25) is 4.18 Å². The van der Waals surface area contributed by atoms with Gasteiger partial charge in [-0.2, -0.15) is 0 Å². The maximum Gasteiger partial charge on any atom is 0.217 e. The third kappa shape index (κ3) is 11.9. The Morgan fingerprint density at radius 1 is 1.23 bits per heavy atom. The van der Waals surface area contributed by atoms with Crippen molar-refractivity contribution in [2.75, 3.05) is 6.61 Å². The van der Waals surface area contributed by atoms with E-state index in [1.54, 1.807) is 0 Å². The molecule has 0 aromatic heterocycles. The lowest BCUT2D eigenvalue weighted by Crippen LogP contribution is -2.05. The fourth-order valence-electron chi connectivity index (χ4n) is 0.992. The molecule has 0 aromatic carbocycles. The molecule has 0 aliphatic heterocycles. The lowest BCUT2D eigenvalue weighted by Gasteiger charge is -2.07. The normalized spacial score (nSPS) is 12.3. The van der Waals surface area contributed by atoms with Crippen LogP contribution in [0.25, 0.3) is 0 Å². The Morgan fingerprint density at radius 3 is 2.31 bits per heavy atom. The molecule has 0 aliphatic rings. The largest absolute Gasteiger partial charge is 0.726 e. The van der Waals surface area contributed by atoms with Crippen LogP contribution in [0.1, 0.15) is 39.5 Å². The van der Waals surface area contributed by atoms with Gasteiger partial charge in [-0.15, -0.1) is 0 Å². The van der Waals surface area contributed by atoms with E-state index < -0.39 is 10.4 Å². The molecule has 0 unspecified atom stereocenters. The van der Waals surface area contributed by atoms with E-state index in [1.807, 2.05) is 0 Å². The van der Waals surface area contributed by atoms with Crippen LogP contribution in [0.5, 0.6) is 0 Å². The van der Waals surface area contributed by atoms with Crippen molar-refractivity contribution >= 4 is 10.4 Å². The number of hydrogen-bond acceptors (Lipinski definition) is 4. The van der Waals surface area contributed by atoms with Gasteiger partial charge in [0.2, 0.25) is 10.4 Å². The van der Waals surface area contributed by atoms with E-state index in [1.165, 1.54) is 0 Å². The first-order valence-electron chi connectivity index (χ1n) is 4.52. The predicted molar refractivity (Wildman–Crippen MR) is 49.0 cm³/mol. The maximum absolute atomic E-state index is 9.99. The highest BCUT2D eigenvalue weighted by Gasteiger charge is 1.96. The standard InChI is InChI=1S/C8H18O4S/c1-8(2)6-4-3-5-7-12-13(9,10)11/h8H,3-7H2,1-2H3,(H,9,10,11)/p-1. The van der Waals surface area contributed by atoms with Crippen molar-refractivity contribution in [3.05, 3.63) is 0 Å². The summed E-state index contributed by atoms with van der Waals surface area (Å²) >= 11 is 0. The second-order valence-corrected chi connectivity index (χ2v) is 4.53. The summed E-state index contributed by atoms with van der Waals surface area (Å²) in [5.74, 6) is 0.671. The molecule has 0 heterocycles. The van der Waals surface area contributed by atoms with Gasteiger partial charge in [0.25, 0.3) is 0 Å². The van der Waals surface area contributed by atoms with Gasteiger partial charge < -0.3 is 4.55 Å². The van der Waals surface area contributed by atoms with Crippen LogP contribution in [-0.4, -0.2) is 19.6 Å². The molecule has 0 aliphatic carbocycles. The Balaban J connectivity index is 3.18. The molecular weight excluding hydrogens is 192 g/mol. The van der Waals surface area contributed by atoms with Crippen LogP contribution >= 0.6 is 0 Å². The van der Waals surface area contributed by atoms with Crippen LogP contribution in [0.2, 0.25) is 0 Å². The SMILES string of the molecule is CC(C)CCCCCOS(=O)(=O)[O-]. The van der Waals surface area contributed by atoms with E-state index in [0.29, 0.717) is 12.3 Å². The summed E-state index contributed by atoms with van der Waals surface area (Å²) in [6.45, 7) is 4.29. The number of rotatable bonds is 7. The van der Waals surface area contributed by atoms with Crippen LogP contribution in [0.15, 0.2) is 0 Å². The highest BCUT2D eigenvalue weighted by Crippen LogP contribution is 2.08. The van der Waals surface area contributed by atoms with Gasteiger partial charge in [0.15, 0.2) is 0 Å². The minimum absolute atomic E-state index is 0.0178. The van der Waals surface area contributed by atoms with Gasteiger partial charge in [0, 0.05) is 0 Å². The van der Waals surface area contributed by atoms with E-state index in [4.69, 9.17) is 0 Å². The van der Waals surface area contributed by atoms with E-state index in [-0.39, 0.29) is 6.61 Å². The minimum atomic E-state index is -4.48. The topological polar surface area (TPSA) is 66.4 Å². The molecule has 80 valence electrons. The van der Waals surface area contributed by atoms with E-state index in [0.717, 1.165) is 19.3 Å². The highest BCUT2D eigenvalue weighted by molar-refractivity contribution is 7.80. The third-order valence-corrected chi connectivity index (χ3v) is 2.11. The Bertz CT molecular complexity index is 208. The van der Waals surface area contributed by atoms with Crippen LogP contribution in [-0.2, 0) is 14.6 Å². The third-order valence-electron chi connectivity index (χ3n) is 1.65. The molecular formula is C8H17O4S-. The van der Waals surface area contributed by atoms with Crippen molar-refractivity contribution in [3.8, 4) is 0 Å². The molecule has 0 radical (unpaired) electrons. The first-order valence-corrected chi connectivity index (χ1v) is 5.85. The Kier molecular flexibility index (Phi) is 6.28. The Labute approximate surface area is 80.2 Å². The predicted octanol–water partition coefficient (Wildman–Crippen LogP) is 1.68. The summed E-state index contributed by atoms with van der Waals surface area (Å²) < 4.78 is 34.0. The number of unbranched alkanes of at least 4 members (excludes halogenated alkanes) is 2. The molecule has 0 spiro atoms. The minimum Gasteiger partial charge on any atom is -0.726 e. The van der Waals surface area contributed by atoms with E-state index in [9.17, 15) is 13.0 Å². The van der Waals surface area contributed by atoms with Gasteiger partial charge in [-0.05, 0) is 12.3 Å². The van der Waals surface area contributed by atoms with Crippen molar-refractivity contribution in [1.29, 1.82) is 0 Å². The van der Waals surface area contributed by atoms with Gasteiger partial charge in [0.1, 0.15) is 0 Å². The lowest BCUT2D eigenvalue weighted by molar-refractivity contribution is 0.254. The highest BCUT2D eigenvalue weighted by atomic mass is 32.3. The summed E-state index contributed by atoms with van der Waals surface area (Å²) in [7, 11) is -4.48. The van der Waals surface area contributed by atoms with Gasteiger partial charge in [-0.25, -0.2) is 8.42 Å². The van der Waals surface area contributed by atoms with E-state index in [2.05, 4.69) is 18.0 Å². The second-order valence-electron chi connectivity index (χ2n) is 3.47. The summed E-state index contributed by atoms with van der Waals surface area (Å²) in [5.41, 5.74) is 0. The molecule has 0 atom stereocenters. The lowest BCUT2D eigenvalue weighted by atomic mass is 10.1. The van der Waals surface area contributed by atoms with Crippen molar-refractivity contribution in [3.63, 3.8) is 0 Å². The zero-order chi connectivity index (χ0) is 10.3. The molecule has 5 heteroatoms. The van der Waals surface area contributed by atoms with Crippen LogP contribution in [0.3, 0.4) is 0 Å². The molecule has 0 saturated heterocycles. The van der Waals surface area contributed by atoms with Gasteiger partial charge in [-0.1, -0.05) is 33.1 Å². The maximum atomic E-state index is 9.99. The average molecular weight is 209 g/mol. The smallest absolute Gasteiger partial charge is 0.217 e. The molecule has 0 fully saturated rings. The molecule has 0 aromatic rings. The van der Waals surface area contributed by atoms with Crippen molar-refractivity contribution in [2.45, 2.75) is 39.5 Å². The fourth-order valence-corrected chi connectivity index (χ4v) is 1.31. The molecule has 13 heavy (non-hydrogen) atoms. The van der Waals surface area contributed by atoms with Crippen LogP contribution in [0, 0.1) is 5.92 Å². The van der Waals surface area contributed by atoms with Crippen molar-refractivity contribution < 1.29 is 17.2 Å². The van der Waals surface area contributed by atoms with Crippen molar-refractivity contribution in [2.24, 2.45) is 5.92 Å². The zero-order valence-electron chi connectivity index (χ0n) is 8.15. The van der Waals surface area contributed by atoms with Crippen LogP contribution < -0.4 is 0 Å². The second kappa shape index (κ2) is 6.34. The van der Waals surface area contributed by atoms with Gasteiger partial charge in [0.05, 0.1) is 6.61 Å². The molecule has 0 N–H and O–H groups in total. The quantitative estimate of drug-likeness (QED) is 0.363. The Hall–Kier alpha value is -0.130. The fraction of sp³-hybridized carbons (Fsp3) is 1.00. The Morgan fingerprint density at radius 2 is 1.85 bits per heavy atom. The molecule has 0 amide bonds. The zero-order valence-corrected chi connectivity index (χ0v) is 8.97. The summed E-state index contributed by atoms with van der Waals surface area (Å²) in [5, 5.41) is 0. The van der Waals surface area contributed by atoms with E-state index >= 15 is 0 Å². The first kappa shape index (κ1) is 12.9. The van der Waals surface area contributed by atoms with Gasteiger partial charge >= 0.3 is 0 Å². The van der Waals surface area contributed by atoms with Crippen molar-refractivity contribution in [1.82, 2.24) is 0 Å². The molecule has 0 saturated carbocycles. The molecule has 0 rings (SSSR count). The number of hydrogen-bond donors (Lipinski definition) is 0. The molecule has 4 nitrogen and oxygen atoms in total. The van der Waals surface area contributed by atoms with Crippen LogP contribution in [0.4, 0.5) is 0 Å². The molecule has 0 bridgehead atoms. The summed E-state index contributed by atoms with van der Waals surface area (Å²) in [4.78, 5) is 0. The first-order chi connectivity index (χ1) is 5.92.